The number of thiazole rings is 1. The Morgan fingerprint density at radius 1 is 1.02 bits per heavy atom. The molecule has 5 aromatic rings. The van der Waals surface area contributed by atoms with Crippen LogP contribution < -0.4 is 10.2 Å². The number of aromatic carboxylic acids is 1. The fraction of sp³-hybridized carbons (Fsp3) is 0.421. The highest BCUT2D eigenvalue weighted by molar-refractivity contribution is 7.22. The summed E-state index contributed by atoms with van der Waals surface area (Å²) >= 11 is 1.39. The van der Waals surface area contributed by atoms with Gasteiger partial charge in [0.25, 0.3) is 5.91 Å². The van der Waals surface area contributed by atoms with E-state index in [2.05, 4.69) is 38.7 Å². The zero-order chi connectivity index (χ0) is 33.9. The zero-order valence-corrected chi connectivity index (χ0v) is 29.0. The number of carbonyl (C=O) groups excluding carboxylic acids is 1. The van der Waals surface area contributed by atoms with Crippen molar-refractivity contribution < 1.29 is 14.7 Å². The number of benzene rings is 1. The van der Waals surface area contributed by atoms with Crippen LogP contribution in [0.1, 0.15) is 83.6 Å². The molecule has 10 nitrogen and oxygen atoms in total. The highest BCUT2D eigenvalue weighted by Gasteiger charge is 2.44. The maximum absolute atomic E-state index is 13.5. The minimum Gasteiger partial charge on any atom is -0.476 e. The normalized spacial score (nSPS) is 23.3. The second-order valence-electron chi connectivity index (χ2n) is 14.8. The summed E-state index contributed by atoms with van der Waals surface area (Å²) in [6.07, 6.45) is 12.3. The predicted octanol–water partition coefficient (Wildman–Crippen LogP) is 7.62. The maximum atomic E-state index is 13.5. The number of hydrogen-bond donors (Lipinski definition) is 2. The van der Waals surface area contributed by atoms with Gasteiger partial charge in [-0.3, -0.25) is 19.8 Å². The first kappa shape index (κ1) is 31.6. The minimum atomic E-state index is -1.07. The number of hydrogen-bond acceptors (Lipinski definition) is 8. The smallest absolute Gasteiger partial charge is 0.355 e. The first-order chi connectivity index (χ1) is 23.6. The van der Waals surface area contributed by atoms with Gasteiger partial charge in [-0.1, -0.05) is 37.3 Å². The van der Waals surface area contributed by atoms with Crippen molar-refractivity contribution >= 4 is 44.4 Å². The fourth-order valence-electron chi connectivity index (χ4n) is 9.28. The van der Waals surface area contributed by atoms with Gasteiger partial charge in [-0.05, 0) is 104 Å². The minimum absolute atomic E-state index is 0.0121. The average molecular weight is 676 g/mol. The van der Waals surface area contributed by atoms with Gasteiger partial charge in [0.15, 0.2) is 10.8 Å². The van der Waals surface area contributed by atoms with Crippen LogP contribution in [-0.4, -0.2) is 48.3 Å². The van der Waals surface area contributed by atoms with E-state index < -0.39 is 5.97 Å². The molecule has 0 radical (unpaired) electrons. The molecule has 0 spiro atoms. The summed E-state index contributed by atoms with van der Waals surface area (Å²) in [6, 6.07) is 11.4. The molecule has 2 fully saturated rings. The highest BCUT2D eigenvalue weighted by atomic mass is 32.1. The van der Waals surface area contributed by atoms with Crippen molar-refractivity contribution in [1.82, 2.24) is 24.7 Å². The van der Waals surface area contributed by atoms with Crippen molar-refractivity contribution in [2.75, 3.05) is 16.8 Å². The summed E-state index contributed by atoms with van der Waals surface area (Å²) in [7, 11) is 0. The second kappa shape index (κ2) is 12.4. The number of pyridine rings is 2. The van der Waals surface area contributed by atoms with Gasteiger partial charge in [-0.2, -0.15) is 5.10 Å². The monoisotopic (exact) mass is 675 g/mol. The van der Waals surface area contributed by atoms with Gasteiger partial charge in [0.05, 0.1) is 16.4 Å². The summed E-state index contributed by atoms with van der Waals surface area (Å²) in [5.41, 5.74) is 5.99. The fourth-order valence-corrected chi connectivity index (χ4v) is 10.1. The van der Waals surface area contributed by atoms with Gasteiger partial charge in [0, 0.05) is 54.4 Å². The molecule has 3 aliphatic rings. The Hall–Kier alpha value is -4.64. The Balaban J connectivity index is 1.04. The number of rotatable bonds is 7. The van der Waals surface area contributed by atoms with Gasteiger partial charge in [0.1, 0.15) is 5.82 Å². The van der Waals surface area contributed by atoms with Crippen LogP contribution in [0.3, 0.4) is 0 Å². The number of nitrogens with zero attached hydrogens (tertiary/aromatic N) is 6. The molecule has 4 aromatic heterocycles. The molecule has 2 N–H and O–H groups in total. The molecule has 5 heterocycles. The van der Waals surface area contributed by atoms with Crippen LogP contribution in [-0.2, 0) is 19.5 Å². The van der Waals surface area contributed by atoms with E-state index in [9.17, 15) is 14.7 Å². The molecular weight excluding hydrogens is 635 g/mol. The third-order valence-electron chi connectivity index (χ3n) is 11.0. The van der Waals surface area contributed by atoms with E-state index in [0.717, 1.165) is 56.9 Å². The largest absolute Gasteiger partial charge is 0.476 e. The van der Waals surface area contributed by atoms with Gasteiger partial charge < -0.3 is 10.0 Å². The first-order valence-electron chi connectivity index (χ1n) is 17.3. The van der Waals surface area contributed by atoms with Gasteiger partial charge >= 0.3 is 5.97 Å². The summed E-state index contributed by atoms with van der Waals surface area (Å²) < 4.78 is 3.02. The highest BCUT2D eigenvalue weighted by Crippen LogP contribution is 2.53. The molecule has 2 saturated carbocycles. The Kier molecular flexibility index (Phi) is 7.97. The molecule has 1 aliphatic heterocycles. The van der Waals surface area contributed by atoms with Gasteiger partial charge in [0.2, 0.25) is 0 Å². The molecule has 2 atom stereocenters. The Bertz CT molecular complexity index is 2030. The van der Waals surface area contributed by atoms with Crippen molar-refractivity contribution in [3.63, 3.8) is 0 Å². The van der Waals surface area contributed by atoms with Crippen LogP contribution in [0.15, 0.2) is 55.0 Å². The number of carbonyl (C=O) groups is 2. The van der Waals surface area contributed by atoms with E-state index in [1.165, 1.54) is 43.4 Å². The summed E-state index contributed by atoms with van der Waals surface area (Å²) in [5.74, 6) is 1.51. The number of aromatic nitrogens is 5. The molecular formula is C38H41N7O3S. The van der Waals surface area contributed by atoms with Gasteiger partial charge in [-0.25, -0.2) is 14.8 Å². The molecule has 8 rings (SSSR count). The van der Waals surface area contributed by atoms with Crippen LogP contribution in [0.2, 0.25) is 0 Å². The van der Waals surface area contributed by atoms with Crippen LogP contribution in [0.5, 0.6) is 0 Å². The number of carboxylic acid groups (broad SMARTS) is 1. The zero-order valence-electron chi connectivity index (χ0n) is 28.1. The number of carboxylic acids is 1. The van der Waals surface area contributed by atoms with Crippen molar-refractivity contribution in [3.8, 4) is 11.1 Å². The summed E-state index contributed by atoms with van der Waals surface area (Å²) in [4.78, 5) is 41.7. The topological polar surface area (TPSA) is 126 Å². The summed E-state index contributed by atoms with van der Waals surface area (Å²) in [5, 5.41) is 18.7. The van der Waals surface area contributed by atoms with Crippen LogP contribution in [0.4, 0.5) is 10.9 Å². The maximum Gasteiger partial charge on any atom is 0.355 e. The molecule has 11 heteroatoms. The lowest BCUT2D eigenvalue weighted by atomic mass is 9.57. The number of nitrogens with one attached hydrogen (secondary N) is 1. The first-order valence-corrected chi connectivity index (χ1v) is 18.1. The van der Waals surface area contributed by atoms with E-state index in [-0.39, 0.29) is 17.0 Å². The number of fused-ring (bicyclic) bond motifs is 4. The molecule has 1 aromatic carbocycles. The predicted molar refractivity (Wildman–Crippen MR) is 191 cm³/mol. The third-order valence-corrected chi connectivity index (χ3v) is 11.9. The van der Waals surface area contributed by atoms with E-state index in [0.29, 0.717) is 41.6 Å². The molecule has 2 bridgehead atoms. The Labute approximate surface area is 289 Å². The molecule has 0 saturated heterocycles. The lowest BCUT2D eigenvalue weighted by Crippen LogP contribution is -2.42. The van der Waals surface area contributed by atoms with Crippen LogP contribution in [0.25, 0.3) is 21.3 Å². The summed E-state index contributed by atoms with van der Waals surface area (Å²) in [6.45, 7) is 8.80. The average Bonchev–Trinajstić information content (AvgIpc) is 3.64. The lowest BCUT2D eigenvalue weighted by molar-refractivity contribution is 0.00176. The Morgan fingerprint density at radius 3 is 2.61 bits per heavy atom. The quantitative estimate of drug-likeness (QED) is 0.180. The van der Waals surface area contributed by atoms with Crippen molar-refractivity contribution in [3.05, 3.63) is 83.1 Å². The Morgan fingerprint density at radius 2 is 1.84 bits per heavy atom. The third kappa shape index (κ3) is 5.98. The van der Waals surface area contributed by atoms with Crippen LogP contribution in [0, 0.1) is 30.1 Å². The van der Waals surface area contributed by atoms with E-state index in [1.807, 2.05) is 49.5 Å². The molecule has 252 valence electrons. The number of anilines is 2. The van der Waals surface area contributed by atoms with Crippen molar-refractivity contribution in [1.29, 1.82) is 0 Å². The van der Waals surface area contributed by atoms with E-state index in [1.54, 1.807) is 12.4 Å². The molecule has 49 heavy (non-hydrogen) atoms. The van der Waals surface area contributed by atoms with E-state index >= 15 is 0 Å². The standard InChI is InChI=1S/C38H41N7O3S/c1-22-13-25-14-23(2)16-38(15-22,17-25)21-45-24(3)29(18-40-45)27-7-8-33(42-34(27)36(47)48)44-12-10-26-5-4-6-28(30(26)20-44)35(46)43-37-41-31-9-11-39-19-32(31)49-37/h4-9,11,18-19,22-23,25H,10,12-17,20-21H2,1-3H3,(H,47,48)(H,41,43,46). The molecule has 1 amide bonds. The second-order valence-corrected chi connectivity index (χ2v) is 15.8. The van der Waals surface area contributed by atoms with E-state index in [4.69, 9.17) is 10.1 Å². The SMILES string of the molecule is Cc1c(-c2ccc(N3CCc4cccc(C(=O)Nc5nc6ccncc6s5)c4C3)nc2C(=O)O)cnn1CC12CC(C)CC(CC(C)C1)C2. The lowest BCUT2D eigenvalue weighted by Gasteiger charge is -2.50. The molecule has 2 unspecified atom stereocenters. The number of amides is 1. The van der Waals surface area contributed by atoms with Crippen LogP contribution >= 0.6 is 11.3 Å². The van der Waals surface area contributed by atoms with Crippen molar-refractivity contribution in [2.24, 2.45) is 23.2 Å². The molecule has 2 aliphatic carbocycles. The van der Waals surface area contributed by atoms with Gasteiger partial charge in [-0.15, -0.1) is 0 Å². The van der Waals surface area contributed by atoms with Crippen molar-refractivity contribution in [2.45, 2.75) is 72.4 Å².